The summed E-state index contributed by atoms with van der Waals surface area (Å²) in [5, 5.41) is 20.6. The van der Waals surface area contributed by atoms with Crippen molar-refractivity contribution in [1.82, 2.24) is 0 Å². The van der Waals surface area contributed by atoms with Crippen molar-refractivity contribution in [3.63, 3.8) is 0 Å². The molecule has 0 heterocycles. The summed E-state index contributed by atoms with van der Waals surface area (Å²) >= 11 is 0. The number of hydrogen-bond acceptors (Lipinski definition) is 2. The van der Waals surface area contributed by atoms with Gasteiger partial charge in [0.1, 0.15) is 11.5 Å². The Kier molecular flexibility index (Phi) is 4.77. The van der Waals surface area contributed by atoms with Crippen molar-refractivity contribution in [2.45, 2.75) is 47.0 Å². The Labute approximate surface area is 162 Å². The molecular formula is C25H28O2. The summed E-state index contributed by atoms with van der Waals surface area (Å²) in [6, 6.07) is 16.7. The average Bonchev–Trinajstić information content (AvgIpc) is 2.63. The lowest BCUT2D eigenvalue weighted by Gasteiger charge is -2.34. The standard InChI is InChI=1S/C25H28O2/c1-15-9-7-8-10-22(15)25(6,20-11-16(2)23(26)17(3)12-20)21-13-18(4)24(27)19(5)14-21/h7-14,26-27H,1-6H3. The number of rotatable bonds is 3. The van der Waals surface area contributed by atoms with E-state index >= 15 is 0 Å². The second-order valence-corrected chi connectivity index (χ2v) is 7.86. The minimum atomic E-state index is -0.405. The molecule has 0 atom stereocenters. The molecule has 2 heteroatoms. The summed E-state index contributed by atoms with van der Waals surface area (Å²) in [6.07, 6.45) is 0. The quantitative estimate of drug-likeness (QED) is 0.563. The first kappa shape index (κ1) is 19.0. The minimum absolute atomic E-state index is 0.351. The van der Waals surface area contributed by atoms with Gasteiger partial charge in [-0.25, -0.2) is 0 Å². The molecule has 0 spiro atoms. The Morgan fingerprint density at radius 2 is 0.963 bits per heavy atom. The highest BCUT2D eigenvalue weighted by molar-refractivity contribution is 5.58. The topological polar surface area (TPSA) is 40.5 Å². The lowest BCUT2D eigenvalue weighted by atomic mass is 9.68. The zero-order valence-electron chi connectivity index (χ0n) is 17.0. The van der Waals surface area contributed by atoms with E-state index in [-0.39, 0.29) is 0 Å². The second-order valence-electron chi connectivity index (χ2n) is 7.86. The largest absolute Gasteiger partial charge is 0.507 e. The van der Waals surface area contributed by atoms with Crippen LogP contribution in [0.4, 0.5) is 0 Å². The van der Waals surface area contributed by atoms with Crippen LogP contribution in [0, 0.1) is 34.6 Å². The fourth-order valence-electron chi connectivity index (χ4n) is 4.10. The summed E-state index contributed by atoms with van der Waals surface area (Å²) in [5.41, 5.74) is 7.79. The zero-order valence-corrected chi connectivity index (χ0v) is 17.0. The first-order chi connectivity index (χ1) is 12.7. The first-order valence-electron chi connectivity index (χ1n) is 9.33. The molecule has 2 nitrogen and oxygen atoms in total. The Bertz CT molecular complexity index is 911. The van der Waals surface area contributed by atoms with Gasteiger partial charge in [0.05, 0.1) is 0 Å². The van der Waals surface area contributed by atoms with E-state index in [0.717, 1.165) is 33.4 Å². The van der Waals surface area contributed by atoms with E-state index in [4.69, 9.17) is 0 Å². The Balaban J connectivity index is 2.40. The molecule has 3 rings (SSSR count). The molecule has 0 amide bonds. The summed E-state index contributed by atoms with van der Waals surface area (Å²) in [6.45, 7) is 12.1. The summed E-state index contributed by atoms with van der Waals surface area (Å²) in [5.74, 6) is 0.702. The molecule has 0 aliphatic rings. The number of benzene rings is 3. The molecule has 27 heavy (non-hydrogen) atoms. The van der Waals surface area contributed by atoms with Crippen LogP contribution in [0.2, 0.25) is 0 Å². The second kappa shape index (κ2) is 6.77. The molecule has 0 saturated heterocycles. The normalized spacial score (nSPS) is 11.6. The van der Waals surface area contributed by atoms with Crippen molar-refractivity contribution >= 4 is 0 Å². The van der Waals surface area contributed by atoms with E-state index in [1.807, 2.05) is 27.7 Å². The van der Waals surface area contributed by atoms with Crippen molar-refractivity contribution in [2.24, 2.45) is 0 Å². The van der Waals surface area contributed by atoms with Gasteiger partial charge in [0.2, 0.25) is 0 Å². The van der Waals surface area contributed by atoms with Crippen LogP contribution in [-0.4, -0.2) is 10.2 Å². The van der Waals surface area contributed by atoms with Crippen molar-refractivity contribution in [1.29, 1.82) is 0 Å². The smallest absolute Gasteiger partial charge is 0.121 e. The Morgan fingerprint density at radius 3 is 1.33 bits per heavy atom. The third-order valence-corrected chi connectivity index (χ3v) is 5.82. The van der Waals surface area contributed by atoms with Crippen LogP contribution in [-0.2, 0) is 5.41 Å². The van der Waals surface area contributed by atoms with Crippen LogP contribution >= 0.6 is 0 Å². The molecule has 0 aliphatic heterocycles. The van der Waals surface area contributed by atoms with E-state index in [0.29, 0.717) is 11.5 Å². The number of phenols is 2. The van der Waals surface area contributed by atoms with Crippen LogP contribution in [0.25, 0.3) is 0 Å². The highest BCUT2D eigenvalue weighted by atomic mass is 16.3. The number of aryl methyl sites for hydroxylation is 5. The Hall–Kier alpha value is -2.74. The van der Waals surface area contributed by atoms with Gasteiger partial charge >= 0.3 is 0 Å². The molecule has 0 unspecified atom stereocenters. The van der Waals surface area contributed by atoms with Crippen LogP contribution in [0.3, 0.4) is 0 Å². The van der Waals surface area contributed by atoms with Crippen LogP contribution in [0.1, 0.15) is 51.4 Å². The van der Waals surface area contributed by atoms with E-state index in [9.17, 15) is 10.2 Å². The molecule has 0 aromatic heterocycles. The third kappa shape index (κ3) is 3.10. The zero-order chi connectivity index (χ0) is 19.9. The Morgan fingerprint density at radius 1 is 0.593 bits per heavy atom. The lowest BCUT2D eigenvalue weighted by molar-refractivity contribution is 0.465. The maximum absolute atomic E-state index is 10.3. The van der Waals surface area contributed by atoms with Crippen molar-refractivity contribution in [2.75, 3.05) is 0 Å². The molecular weight excluding hydrogens is 332 g/mol. The van der Waals surface area contributed by atoms with Gasteiger partial charge in [-0.2, -0.15) is 0 Å². The molecule has 3 aromatic carbocycles. The summed E-state index contributed by atoms with van der Waals surface area (Å²) in [4.78, 5) is 0. The fourth-order valence-corrected chi connectivity index (χ4v) is 4.10. The molecule has 0 bridgehead atoms. The number of phenolic OH excluding ortho intramolecular Hbond substituents is 2. The van der Waals surface area contributed by atoms with E-state index in [2.05, 4.69) is 62.4 Å². The maximum atomic E-state index is 10.3. The van der Waals surface area contributed by atoms with Gasteiger partial charge in [0.15, 0.2) is 0 Å². The number of aromatic hydroxyl groups is 2. The van der Waals surface area contributed by atoms with Gasteiger partial charge in [0, 0.05) is 5.41 Å². The van der Waals surface area contributed by atoms with Crippen molar-refractivity contribution in [3.8, 4) is 11.5 Å². The first-order valence-corrected chi connectivity index (χ1v) is 9.33. The molecule has 140 valence electrons. The van der Waals surface area contributed by atoms with Gasteiger partial charge in [-0.3, -0.25) is 0 Å². The van der Waals surface area contributed by atoms with Crippen molar-refractivity contribution in [3.05, 3.63) is 93.0 Å². The van der Waals surface area contributed by atoms with Crippen molar-refractivity contribution < 1.29 is 10.2 Å². The van der Waals surface area contributed by atoms with E-state index in [1.54, 1.807) is 0 Å². The fraction of sp³-hybridized carbons (Fsp3) is 0.280. The van der Waals surface area contributed by atoms with Crippen LogP contribution in [0.15, 0.2) is 48.5 Å². The van der Waals surface area contributed by atoms with Gasteiger partial charge in [0.25, 0.3) is 0 Å². The molecule has 2 N–H and O–H groups in total. The minimum Gasteiger partial charge on any atom is -0.507 e. The van der Waals surface area contributed by atoms with E-state index < -0.39 is 5.41 Å². The van der Waals surface area contributed by atoms with Gasteiger partial charge in [-0.1, -0.05) is 48.5 Å². The number of hydrogen-bond donors (Lipinski definition) is 2. The highest BCUT2D eigenvalue weighted by Crippen LogP contribution is 2.43. The van der Waals surface area contributed by atoms with Gasteiger partial charge in [-0.15, -0.1) is 0 Å². The van der Waals surface area contributed by atoms with Crippen LogP contribution < -0.4 is 0 Å². The molecule has 0 fully saturated rings. The molecule has 0 radical (unpaired) electrons. The average molecular weight is 360 g/mol. The summed E-state index contributed by atoms with van der Waals surface area (Å²) in [7, 11) is 0. The van der Waals surface area contributed by atoms with Crippen LogP contribution in [0.5, 0.6) is 11.5 Å². The summed E-state index contributed by atoms with van der Waals surface area (Å²) < 4.78 is 0. The van der Waals surface area contributed by atoms with Gasteiger partial charge < -0.3 is 10.2 Å². The predicted molar refractivity (Wildman–Crippen MR) is 112 cm³/mol. The predicted octanol–water partition coefficient (Wildman–Crippen LogP) is 5.99. The van der Waals surface area contributed by atoms with E-state index in [1.165, 1.54) is 11.1 Å². The molecule has 0 aliphatic carbocycles. The third-order valence-electron chi connectivity index (χ3n) is 5.82. The molecule has 0 saturated carbocycles. The maximum Gasteiger partial charge on any atom is 0.121 e. The lowest BCUT2D eigenvalue weighted by Crippen LogP contribution is -2.27. The molecule has 3 aromatic rings. The SMILES string of the molecule is Cc1ccccc1C(C)(c1cc(C)c(O)c(C)c1)c1cc(C)c(O)c(C)c1. The van der Waals surface area contributed by atoms with Gasteiger partial charge in [-0.05, 0) is 86.1 Å². The monoisotopic (exact) mass is 360 g/mol. The highest BCUT2D eigenvalue weighted by Gasteiger charge is 2.34.